The number of ether oxygens (including phenoxy) is 2. The third-order valence-electron chi connectivity index (χ3n) is 3.32. The number of nitrogens with one attached hydrogen (secondary N) is 2. The van der Waals surface area contributed by atoms with Gasteiger partial charge in [0.15, 0.2) is 16.6 Å². The largest absolute Gasteiger partial charge is 0.493 e. The molecule has 1 heterocycles. The summed E-state index contributed by atoms with van der Waals surface area (Å²) in [5, 5.41) is 6.37. The lowest BCUT2D eigenvalue weighted by atomic mass is 9.94. The van der Waals surface area contributed by atoms with E-state index in [2.05, 4.69) is 26.6 Å². The summed E-state index contributed by atoms with van der Waals surface area (Å²) >= 11 is 8.61. The molecule has 0 spiro atoms. The fourth-order valence-corrected chi connectivity index (χ4v) is 3.15. The molecule has 0 fully saturated rings. The molecular formula is C14H16BrN3O3S. The van der Waals surface area contributed by atoms with Crippen LogP contribution in [-0.2, 0) is 4.79 Å². The highest BCUT2D eigenvalue weighted by molar-refractivity contribution is 9.10. The number of halogens is 1. The molecule has 1 aromatic carbocycles. The van der Waals surface area contributed by atoms with Crippen LogP contribution < -0.4 is 25.8 Å². The van der Waals surface area contributed by atoms with Crippen LogP contribution in [0.4, 0.5) is 0 Å². The molecule has 0 saturated carbocycles. The molecule has 0 aromatic heterocycles. The van der Waals surface area contributed by atoms with E-state index >= 15 is 0 Å². The Bertz CT molecular complexity index is 676. The topological polar surface area (TPSA) is 85.6 Å². The van der Waals surface area contributed by atoms with E-state index in [1.807, 2.05) is 6.07 Å². The smallest absolute Gasteiger partial charge is 0.248 e. The molecule has 1 aromatic rings. The second kappa shape index (κ2) is 6.53. The predicted octanol–water partition coefficient (Wildman–Crippen LogP) is 1.74. The summed E-state index contributed by atoms with van der Waals surface area (Å²) < 4.78 is 11.6. The van der Waals surface area contributed by atoms with Crippen molar-refractivity contribution in [2.45, 2.75) is 13.0 Å². The molecule has 0 radical (unpaired) electrons. The van der Waals surface area contributed by atoms with Gasteiger partial charge in [0.2, 0.25) is 5.91 Å². The van der Waals surface area contributed by atoms with Crippen molar-refractivity contribution >= 4 is 39.2 Å². The number of amides is 1. The lowest BCUT2D eigenvalue weighted by molar-refractivity contribution is -0.115. The number of allylic oxidation sites excluding steroid dienone is 1. The molecule has 22 heavy (non-hydrogen) atoms. The molecule has 0 bridgehead atoms. The fourth-order valence-electron chi connectivity index (χ4n) is 2.43. The van der Waals surface area contributed by atoms with Gasteiger partial charge in [0.05, 0.1) is 25.8 Å². The minimum atomic E-state index is -0.536. The van der Waals surface area contributed by atoms with Crippen LogP contribution in [0.15, 0.2) is 27.9 Å². The molecule has 0 unspecified atom stereocenters. The highest BCUT2D eigenvalue weighted by Gasteiger charge is 2.31. The van der Waals surface area contributed by atoms with Crippen molar-refractivity contribution in [1.82, 2.24) is 10.6 Å². The van der Waals surface area contributed by atoms with Crippen molar-refractivity contribution in [2.75, 3.05) is 14.2 Å². The maximum absolute atomic E-state index is 11.9. The minimum Gasteiger partial charge on any atom is -0.493 e. The van der Waals surface area contributed by atoms with E-state index < -0.39 is 11.9 Å². The molecular weight excluding hydrogens is 370 g/mol. The average molecular weight is 386 g/mol. The summed E-state index contributed by atoms with van der Waals surface area (Å²) in [5.74, 6) is 0.519. The van der Waals surface area contributed by atoms with Gasteiger partial charge in [-0.25, -0.2) is 0 Å². The Labute approximate surface area is 142 Å². The number of methoxy groups -OCH3 is 2. The number of rotatable bonds is 4. The number of benzene rings is 1. The second-order valence-corrected chi connectivity index (χ2v) is 5.99. The first-order valence-electron chi connectivity index (χ1n) is 6.38. The van der Waals surface area contributed by atoms with Crippen LogP contribution in [-0.4, -0.2) is 25.2 Å². The SMILES string of the molecule is COc1cc(Br)cc([C@@H]2NC(=S)NC(C)=C2C(N)=O)c1OC. The fraction of sp³-hybridized carbons (Fsp3) is 0.286. The third-order valence-corrected chi connectivity index (χ3v) is 4.00. The van der Waals surface area contributed by atoms with Crippen LogP contribution in [0.5, 0.6) is 11.5 Å². The maximum atomic E-state index is 11.9. The van der Waals surface area contributed by atoms with E-state index in [1.54, 1.807) is 20.1 Å². The van der Waals surface area contributed by atoms with Gasteiger partial charge in [-0.3, -0.25) is 4.79 Å². The molecule has 2 rings (SSSR count). The monoisotopic (exact) mass is 385 g/mol. The summed E-state index contributed by atoms with van der Waals surface area (Å²) in [4.78, 5) is 11.9. The number of carbonyl (C=O) groups excluding carboxylic acids is 1. The van der Waals surface area contributed by atoms with E-state index in [1.165, 1.54) is 7.11 Å². The molecule has 1 amide bonds. The Balaban J connectivity index is 2.67. The van der Waals surface area contributed by atoms with Gasteiger partial charge in [0.25, 0.3) is 0 Å². The standard InChI is InChI=1S/C14H16BrN3O3S/c1-6-10(13(16)19)11(18-14(22)17-6)8-4-7(15)5-9(20-2)12(8)21-3/h4-5,11H,1-3H3,(H2,16,19)(H2,17,18,22)/t11-/m0/s1. The highest BCUT2D eigenvalue weighted by atomic mass is 79.9. The van der Waals surface area contributed by atoms with E-state index in [0.29, 0.717) is 33.4 Å². The number of primary amides is 1. The first kappa shape index (κ1) is 16.6. The predicted molar refractivity (Wildman–Crippen MR) is 90.8 cm³/mol. The maximum Gasteiger partial charge on any atom is 0.248 e. The zero-order chi connectivity index (χ0) is 16.4. The molecule has 1 atom stereocenters. The molecule has 4 N–H and O–H groups in total. The van der Waals surface area contributed by atoms with Gasteiger partial charge in [0.1, 0.15) is 0 Å². The Morgan fingerprint density at radius 3 is 2.59 bits per heavy atom. The van der Waals surface area contributed by atoms with Crippen LogP contribution in [0, 0.1) is 0 Å². The van der Waals surface area contributed by atoms with Gasteiger partial charge in [-0.1, -0.05) is 15.9 Å². The normalized spacial score (nSPS) is 17.6. The van der Waals surface area contributed by atoms with Crippen LogP contribution in [0.1, 0.15) is 18.5 Å². The lowest BCUT2D eigenvalue weighted by Crippen LogP contribution is -2.46. The first-order valence-corrected chi connectivity index (χ1v) is 7.58. The van der Waals surface area contributed by atoms with Crippen LogP contribution in [0.25, 0.3) is 0 Å². The molecule has 1 aliphatic rings. The van der Waals surface area contributed by atoms with Crippen molar-refractivity contribution in [1.29, 1.82) is 0 Å². The number of carbonyl (C=O) groups is 1. The summed E-state index contributed by atoms with van der Waals surface area (Å²) in [6, 6.07) is 3.10. The van der Waals surface area contributed by atoms with Crippen molar-refractivity contribution in [3.8, 4) is 11.5 Å². The number of thiocarbonyl (C=S) groups is 1. The van der Waals surface area contributed by atoms with Crippen molar-refractivity contribution in [3.63, 3.8) is 0 Å². The molecule has 0 saturated heterocycles. The number of hydrogen-bond donors (Lipinski definition) is 3. The van der Waals surface area contributed by atoms with Crippen LogP contribution in [0.2, 0.25) is 0 Å². The van der Waals surface area contributed by atoms with Gasteiger partial charge >= 0.3 is 0 Å². The first-order chi connectivity index (χ1) is 10.4. The Morgan fingerprint density at radius 2 is 2.05 bits per heavy atom. The summed E-state index contributed by atoms with van der Waals surface area (Å²) in [6.45, 7) is 1.75. The third kappa shape index (κ3) is 3.02. The van der Waals surface area contributed by atoms with Crippen LogP contribution in [0.3, 0.4) is 0 Å². The molecule has 1 aliphatic heterocycles. The molecule has 0 aliphatic carbocycles. The molecule has 8 heteroatoms. The zero-order valence-electron chi connectivity index (χ0n) is 12.3. The van der Waals surface area contributed by atoms with E-state index in [9.17, 15) is 4.79 Å². The van der Waals surface area contributed by atoms with Crippen LogP contribution >= 0.6 is 28.1 Å². The Hall–Kier alpha value is -1.80. The van der Waals surface area contributed by atoms with E-state index in [4.69, 9.17) is 27.4 Å². The van der Waals surface area contributed by atoms with Crippen molar-refractivity contribution in [2.24, 2.45) is 5.73 Å². The zero-order valence-corrected chi connectivity index (χ0v) is 14.7. The van der Waals surface area contributed by atoms with Crippen molar-refractivity contribution in [3.05, 3.63) is 33.4 Å². The number of hydrogen-bond acceptors (Lipinski definition) is 4. The van der Waals surface area contributed by atoms with Gasteiger partial charge in [-0.15, -0.1) is 0 Å². The van der Waals surface area contributed by atoms with Gasteiger partial charge in [-0.05, 0) is 31.3 Å². The minimum absolute atomic E-state index is 0.395. The lowest BCUT2D eigenvalue weighted by Gasteiger charge is -2.30. The summed E-state index contributed by atoms with van der Waals surface area (Å²) in [7, 11) is 3.08. The van der Waals surface area contributed by atoms with Gasteiger partial charge in [-0.2, -0.15) is 0 Å². The molecule has 6 nitrogen and oxygen atoms in total. The van der Waals surface area contributed by atoms with Gasteiger partial charge < -0.3 is 25.8 Å². The van der Waals surface area contributed by atoms with E-state index in [0.717, 1.165) is 4.47 Å². The second-order valence-electron chi connectivity index (χ2n) is 4.66. The molecule has 118 valence electrons. The summed E-state index contributed by atoms with van der Waals surface area (Å²) in [5.41, 5.74) is 7.24. The quantitative estimate of drug-likeness (QED) is 0.684. The van der Waals surface area contributed by atoms with E-state index in [-0.39, 0.29) is 0 Å². The average Bonchev–Trinajstić information content (AvgIpc) is 2.44. The summed E-state index contributed by atoms with van der Waals surface area (Å²) in [6.07, 6.45) is 0. The Morgan fingerprint density at radius 1 is 1.36 bits per heavy atom. The highest BCUT2D eigenvalue weighted by Crippen LogP contribution is 2.41. The number of nitrogens with two attached hydrogens (primary N) is 1. The van der Waals surface area contributed by atoms with Gasteiger partial charge in [0, 0.05) is 15.7 Å². The Kier molecular flexibility index (Phi) is 4.92. The van der Waals surface area contributed by atoms with Crippen molar-refractivity contribution < 1.29 is 14.3 Å².